The summed E-state index contributed by atoms with van der Waals surface area (Å²) in [6.45, 7) is 2.50. The van der Waals surface area contributed by atoms with Crippen molar-refractivity contribution in [1.82, 2.24) is 10.2 Å². The fraction of sp³-hybridized carbons (Fsp3) is 0.375. The number of nitrogens with one attached hydrogen (secondary N) is 1. The van der Waals surface area contributed by atoms with Gasteiger partial charge in [-0.05, 0) is 23.8 Å². The molecule has 1 aromatic carbocycles. The summed E-state index contributed by atoms with van der Waals surface area (Å²) in [5.74, 6) is -1.25. The Kier molecular flexibility index (Phi) is 6.73. The SMILES string of the molecule is Cl.Fc1cccc([C@@H](c2ccc(Cl)s2)N2CCNCC2)c1C(F)(F)F. The van der Waals surface area contributed by atoms with Gasteiger partial charge >= 0.3 is 6.18 Å². The van der Waals surface area contributed by atoms with E-state index >= 15 is 0 Å². The molecule has 0 unspecified atom stereocenters. The number of halogens is 6. The first kappa shape index (κ1) is 20.5. The topological polar surface area (TPSA) is 15.3 Å². The predicted molar refractivity (Wildman–Crippen MR) is 94.3 cm³/mol. The van der Waals surface area contributed by atoms with Crippen molar-refractivity contribution in [2.45, 2.75) is 12.2 Å². The van der Waals surface area contributed by atoms with E-state index in [1.165, 1.54) is 23.5 Å². The Hall–Kier alpha value is -0.860. The summed E-state index contributed by atoms with van der Waals surface area (Å²) in [6, 6.07) is 6.23. The lowest BCUT2D eigenvalue weighted by atomic mass is 9.96. The molecule has 3 rings (SSSR count). The maximum absolute atomic E-state index is 14.0. The summed E-state index contributed by atoms with van der Waals surface area (Å²) in [7, 11) is 0. The second kappa shape index (κ2) is 8.22. The van der Waals surface area contributed by atoms with E-state index in [0.29, 0.717) is 35.4 Å². The highest BCUT2D eigenvalue weighted by Crippen LogP contribution is 2.42. The molecule has 0 saturated carbocycles. The molecule has 1 aromatic heterocycles. The highest BCUT2D eigenvalue weighted by Gasteiger charge is 2.40. The smallest absolute Gasteiger partial charge is 0.314 e. The summed E-state index contributed by atoms with van der Waals surface area (Å²) < 4.78 is 54.9. The van der Waals surface area contributed by atoms with Gasteiger partial charge in [-0.3, -0.25) is 4.90 Å². The predicted octanol–water partition coefficient (Wildman–Crippen LogP) is 4.98. The van der Waals surface area contributed by atoms with Crippen molar-refractivity contribution < 1.29 is 17.6 Å². The van der Waals surface area contributed by atoms with E-state index in [2.05, 4.69) is 5.32 Å². The number of hydrogen-bond donors (Lipinski definition) is 1. The Morgan fingerprint density at radius 1 is 1.12 bits per heavy atom. The van der Waals surface area contributed by atoms with Gasteiger partial charge in [0.15, 0.2) is 0 Å². The van der Waals surface area contributed by atoms with Crippen LogP contribution in [0, 0.1) is 5.82 Å². The molecule has 0 spiro atoms. The van der Waals surface area contributed by atoms with Gasteiger partial charge in [-0.2, -0.15) is 13.2 Å². The van der Waals surface area contributed by atoms with Crippen molar-refractivity contribution in [3.8, 4) is 0 Å². The Bertz CT molecular complexity index is 714. The van der Waals surface area contributed by atoms with Gasteiger partial charge in [0.25, 0.3) is 0 Å². The van der Waals surface area contributed by atoms with E-state index in [1.54, 1.807) is 12.1 Å². The number of hydrogen-bond acceptors (Lipinski definition) is 3. The molecule has 9 heteroatoms. The summed E-state index contributed by atoms with van der Waals surface area (Å²) in [5, 5.41) is 3.17. The second-order valence-corrected chi connectivity index (χ2v) is 7.28. The van der Waals surface area contributed by atoms with Crippen LogP contribution in [-0.4, -0.2) is 31.1 Å². The first-order valence-electron chi connectivity index (χ1n) is 7.43. The molecule has 1 saturated heterocycles. The van der Waals surface area contributed by atoms with E-state index < -0.39 is 23.6 Å². The number of piperazine rings is 1. The Balaban J connectivity index is 0.00000225. The third-order valence-corrected chi connectivity index (χ3v) is 5.29. The highest BCUT2D eigenvalue weighted by molar-refractivity contribution is 7.16. The number of nitrogens with zero attached hydrogens (tertiary/aromatic N) is 1. The van der Waals surface area contributed by atoms with Crippen LogP contribution in [0.1, 0.15) is 22.0 Å². The number of thiophene rings is 1. The van der Waals surface area contributed by atoms with Crippen LogP contribution in [0.3, 0.4) is 0 Å². The summed E-state index contributed by atoms with van der Waals surface area (Å²) in [6.07, 6.45) is -4.76. The molecule has 0 bridgehead atoms. The van der Waals surface area contributed by atoms with Crippen LogP contribution in [-0.2, 0) is 6.18 Å². The molecular formula is C16H16Cl2F4N2S. The van der Waals surface area contributed by atoms with Crippen LogP contribution in [0.5, 0.6) is 0 Å². The third-order valence-electron chi connectivity index (χ3n) is 4.00. The molecule has 1 atom stereocenters. The molecule has 1 N–H and O–H groups in total. The van der Waals surface area contributed by atoms with Crippen molar-refractivity contribution in [2.75, 3.05) is 26.2 Å². The van der Waals surface area contributed by atoms with Crippen LogP contribution in [0.2, 0.25) is 4.34 Å². The molecule has 138 valence electrons. The molecule has 2 nitrogen and oxygen atoms in total. The lowest BCUT2D eigenvalue weighted by molar-refractivity contribution is -0.141. The zero-order chi connectivity index (χ0) is 17.3. The van der Waals surface area contributed by atoms with Gasteiger partial charge in [0.05, 0.1) is 15.9 Å². The van der Waals surface area contributed by atoms with Crippen molar-refractivity contribution in [3.05, 3.63) is 56.5 Å². The zero-order valence-corrected chi connectivity index (χ0v) is 15.3. The lowest BCUT2D eigenvalue weighted by Gasteiger charge is -2.35. The van der Waals surface area contributed by atoms with E-state index in [0.717, 1.165) is 6.07 Å². The van der Waals surface area contributed by atoms with Gasteiger partial charge in [0.1, 0.15) is 5.82 Å². The van der Waals surface area contributed by atoms with Gasteiger partial charge in [-0.15, -0.1) is 23.7 Å². The van der Waals surface area contributed by atoms with Gasteiger partial charge < -0.3 is 5.32 Å². The van der Waals surface area contributed by atoms with Gasteiger partial charge in [-0.25, -0.2) is 4.39 Å². The van der Waals surface area contributed by atoms with Crippen LogP contribution in [0.4, 0.5) is 17.6 Å². The summed E-state index contributed by atoms with van der Waals surface area (Å²) in [4.78, 5) is 2.61. The van der Waals surface area contributed by atoms with Crippen LogP contribution in [0.25, 0.3) is 0 Å². The summed E-state index contributed by atoms with van der Waals surface area (Å²) in [5.41, 5.74) is -1.26. The van der Waals surface area contributed by atoms with Gasteiger partial charge in [-0.1, -0.05) is 23.7 Å². The molecular weight excluding hydrogens is 399 g/mol. The largest absolute Gasteiger partial charge is 0.419 e. The Morgan fingerprint density at radius 2 is 1.80 bits per heavy atom. The molecule has 0 radical (unpaired) electrons. The quantitative estimate of drug-likeness (QED) is 0.712. The zero-order valence-electron chi connectivity index (χ0n) is 12.9. The number of benzene rings is 1. The van der Waals surface area contributed by atoms with Crippen LogP contribution in [0.15, 0.2) is 30.3 Å². The average Bonchev–Trinajstić information content (AvgIpc) is 2.93. The summed E-state index contributed by atoms with van der Waals surface area (Å²) >= 11 is 7.21. The Labute approximate surface area is 158 Å². The fourth-order valence-corrected chi connectivity index (χ4v) is 4.23. The molecule has 1 aliphatic heterocycles. The van der Waals surface area contributed by atoms with E-state index in [-0.39, 0.29) is 18.0 Å². The average molecular weight is 415 g/mol. The molecule has 2 heterocycles. The minimum absolute atomic E-state index is 0. The number of rotatable bonds is 3. The number of alkyl halides is 3. The maximum Gasteiger partial charge on any atom is 0.419 e. The minimum atomic E-state index is -4.76. The molecule has 1 fully saturated rings. The second-order valence-electron chi connectivity index (χ2n) is 5.53. The Morgan fingerprint density at radius 3 is 2.36 bits per heavy atom. The van der Waals surface area contributed by atoms with E-state index in [1.807, 2.05) is 4.90 Å². The molecule has 2 aromatic rings. The van der Waals surface area contributed by atoms with Crippen LogP contribution < -0.4 is 5.32 Å². The first-order chi connectivity index (χ1) is 11.4. The monoisotopic (exact) mass is 414 g/mol. The highest BCUT2D eigenvalue weighted by atomic mass is 35.5. The maximum atomic E-state index is 14.0. The van der Waals surface area contributed by atoms with Crippen molar-refractivity contribution in [3.63, 3.8) is 0 Å². The fourth-order valence-electron chi connectivity index (χ4n) is 3.01. The van der Waals surface area contributed by atoms with E-state index in [9.17, 15) is 17.6 Å². The van der Waals surface area contributed by atoms with Crippen LogP contribution >= 0.6 is 35.3 Å². The molecule has 1 aliphatic rings. The van der Waals surface area contributed by atoms with Gasteiger partial charge in [0.2, 0.25) is 0 Å². The molecule has 25 heavy (non-hydrogen) atoms. The lowest BCUT2D eigenvalue weighted by Crippen LogP contribution is -2.45. The van der Waals surface area contributed by atoms with Crippen molar-refractivity contribution >= 4 is 35.3 Å². The first-order valence-corrected chi connectivity index (χ1v) is 8.63. The van der Waals surface area contributed by atoms with Gasteiger partial charge in [0, 0.05) is 31.1 Å². The van der Waals surface area contributed by atoms with Crippen molar-refractivity contribution in [1.29, 1.82) is 0 Å². The minimum Gasteiger partial charge on any atom is -0.314 e. The van der Waals surface area contributed by atoms with Crippen molar-refractivity contribution in [2.24, 2.45) is 0 Å². The normalized spacial score (nSPS) is 17.2. The third kappa shape index (κ3) is 4.46. The molecule has 0 aliphatic carbocycles. The van der Waals surface area contributed by atoms with E-state index in [4.69, 9.17) is 11.6 Å². The molecule has 0 amide bonds. The standard InChI is InChI=1S/C16H15ClF4N2S.ClH/c17-13-5-4-12(24-13)15(23-8-6-22-7-9-23)10-2-1-3-11(18)14(10)16(19,20)21;/h1-5,15,22H,6-9H2;1H/t15-;/m0./s1.